The van der Waals surface area contributed by atoms with Gasteiger partial charge in [0.1, 0.15) is 4.90 Å². The van der Waals surface area contributed by atoms with Crippen LogP contribution in [-0.4, -0.2) is 13.4 Å². The topological polar surface area (TPSA) is 85.1 Å². The van der Waals surface area contributed by atoms with Crippen molar-refractivity contribution in [1.82, 2.24) is 4.98 Å². The quantitative estimate of drug-likeness (QED) is 0.893. The Bertz CT molecular complexity index is 682. The lowest BCUT2D eigenvalue weighted by Crippen LogP contribution is -2.15. The Morgan fingerprint density at radius 1 is 1.50 bits per heavy atom. The molecule has 18 heavy (non-hydrogen) atoms. The van der Waals surface area contributed by atoms with E-state index in [0.29, 0.717) is 4.88 Å². The SMILES string of the molecule is Cc1sc(Br)cc1S(=O)(=O)Nc1ncccc1N. The number of halogens is 1. The second kappa shape index (κ2) is 4.87. The van der Waals surface area contributed by atoms with Crippen LogP contribution in [0.2, 0.25) is 0 Å². The van der Waals surface area contributed by atoms with Crippen LogP contribution < -0.4 is 10.5 Å². The van der Waals surface area contributed by atoms with Gasteiger partial charge in [-0.2, -0.15) is 0 Å². The van der Waals surface area contributed by atoms with Crippen LogP contribution in [0.15, 0.2) is 33.1 Å². The van der Waals surface area contributed by atoms with Crippen molar-refractivity contribution in [1.29, 1.82) is 0 Å². The second-order valence-electron chi connectivity index (χ2n) is 3.52. The zero-order chi connectivity index (χ0) is 13.3. The van der Waals surface area contributed by atoms with E-state index in [9.17, 15) is 8.42 Å². The van der Waals surface area contributed by atoms with Gasteiger partial charge in [0.25, 0.3) is 10.0 Å². The van der Waals surface area contributed by atoms with E-state index in [-0.39, 0.29) is 16.4 Å². The number of nitrogens with two attached hydrogens (primary N) is 1. The molecule has 0 fully saturated rings. The molecule has 96 valence electrons. The number of rotatable bonds is 3. The van der Waals surface area contributed by atoms with Gasteiger partial charge >= 0.3 is 0 Å². The van der Waals surface area contributed by atoms with Gasteiger partial charge in [0, 0.05) is 11.1 Å². The molecule has 5 nitrogen and oxygen atoms in total. The second-order valence-corrected chi connectivity index (χ2v) is 7.80. The third-order valence-electron chi connectivity index (χ3n) is 2.20. The number of hydrogen-bond donors (Lipinski definition) is 2. The largest absolute Gasteiger partial charge is 0.396 e. The van der Waals surface area contributed by atoms with Crippen LogP contribution >= 0.6 is 27.3 Å². The maximum Gasteiger partial charge on any atom is 0.264 e. The summed E-state index contributed by atoms with van der Waals surface area (Å²) >= 11 is 4.62. The van der Waals surface area contributed by atoms with Crippen molar-refractivity contribution in [3.63, 3.8) is 0 Å². The van der Waals surface area contributed by atoms with Crippen molar-refractivity contribution in [2.24, 2.45) is 0 Å². The van der Waals surface area contributed by atoms with E-state index < -0.39 is 10.0 Å². The molecule has 0 bridgehead atoms. The van der Waals surface area contributed by atoms with E-state index in [2.05, 4.69) is 25.6 Å². The molecule has 0 unspecified atom stereocenters. The predicted molar refractivity (Wildman–Crippen MR) is 76.2 cm³/mol. The Morgan fingerprint density at radius 3 is 2.78 bits per heavy atom. The van der Waals surface area contributed by atoms with Gasteiger partial charge in [0.05, 0.1) is 9.47 Å². The number of nitrogens with zero attached hydrogens (tertiary/aromatic N) is 1. The van der Waals surface area contributed by atoms with Crippen molar-refractivity contribution >= 4 is 48.8 Å². The average molecular weight is 348 g/mol. The van der Waals surface area contributed by atoms with E-state index in [1.165, 1.54) is 17.5 Å². The summed E-state index contributed by atoms with van der Waals surface area (Å²) in [5.41, 5.74) is 5.94. The van der Waals surface area contributed by atoms with E-state index in [1.54, 1.807) is 25.1 Å². The number of pyridine rings is 1. The van der Waals surface area contributed by atoms with E-state index in [4.69, 9.17) is 5.73 Å². The summed E-state index contributed by atoms with van der Waals surface area (Å²) in [7, 11) is -3.66. The number of aryl methyl sites for hydroxylation is 1. The van der Waals surface area contributed by atoms with Crippen LogP contribution in [0.4, 0.5) is 11.5 Å². The Kier molecular flexibility index (Phi) is 3.60. The lowest BCUT2D eigenvalue weighted by molar-refractivity contribution is 0.601. The summed E-state index contributed by atoms with van der Waals surface area (Å²) in [5, 5.41) is 0. The predicted octanol–water partition coefficient (Wildman–Crippen LogP) is 2.60. The van der Waals surface area contributed by atoms with Gasteiger partial charge in [-0.1, -0.05) is 0 Å². The number of hydrogen-bond acceptors (Lipinski definition) is 5. The monoisotopic (exact) mass is 347 g/mol. The summed E-state index contributed by atoms with van der Waals surface area (Å²) in [5.74, 6) is 0.138. The van der Waals surface area contributed by atoms with Crippen LogP contribution in [-0.2, 0) is 10.0 Å². The molecule has 0 spiro atoms. The molecule has 0 saturated carbocycles. The third kappa shape index (κ3) is 2.65. The number of thiophene rings is 1. The highest BCUT2D eigenvalue weighted by atomic mass is 79.9. The summed E-state index contributed by atoms with van der Waals surface area (Å²) in [4.78, 5) is 4.83. The average Bonchev–Trinajstić information content (AvgIpc) is 2.62. The van der Waals surface area contributed by atoms with E-state index in [0.717, 1.165) is 3.79 Å². The van der Waals surface area contributed by atoms with Crippen molar-refractivity contribution < 1.29 is 8.42 Å². The first-order chi connectivity index (χ1) is 8.40. The molecule has 0 radical (unpaired) electrons. The summed E-state index contributed by atoms with van der Waals surface area (Å²) in [6.07, 6.45) is 1.48. The molecule has 0 amide bonds. The Balaban J connectivity index is 2.40. The Morgan fingerprint density at radius 2 is 2.22 bits per heavy atom. The first-order valence-corrected chi connectivity index (χ1v) is 7.98. The standard InChI is InChI=1S/C10H10BrN3O2S2/c1-6-8(5-9(11)17-6)18(15,16)14-10-7(12)3-2-4-13-10/h2-5H,12H2,1H3,(H,13,14). The summed E-state index contributed by atoms with van der Waals surface area (Å²) in [6, 6.07) is 4.78. The fourth-order valence-electron chi connectivity index (χ4n) is 1.38. The molecule has 2 rings (SSSR count). The van der Waals surface area contributed by atoms with Gasteiger partial charge in [0.2, 0.25) is 0 Å². The molecule has 0 aliphatic carbocycles. The van der Waals surface area contributed by atoms with Crippen molar-refractivity contribution in [3.05, 3.63) is 33.1 Å². The Labute approximate surface area is 117 Å². The number of nitrogens with one attached hydrogen (secondary N) is 1. The molecule has 0 aliphatic rings. The molecule has 2 aromatic rings. The molecule has 2 heterocycles. The minimum atomic E-state index is -3.66. The fraction of sp³-hybridized carbons (Fsp3) is 0.100. The normalized spacial score (nSPS) is 11.4. The first kappa shape index (κ1) is 13.3. The van der Waals surface area contributed by atoms with Crippen LogP contribution in [0.25, 0.3) is 0 Å². The smallest absolute Gasteiger partial charge is 0.264 e. The summed E-state index contributed by atoms with van der Waals surface area (Å²) < 4.78 is 27.5. The summed E-state index contributed by atoms with van der Waals surface area (Å²) in [6.45, 7) is 1.74. The highest BCUT2D eigenvalue weighted by Crippen LogP contribution is 2.31. The minimum absolute atomic E-state index is 0.138. The van der Waals surface area contributed by atoms with E-state index in [1.807, 2.05) is 0 Å². The van der Waals surface area contributed by atoms with Gasteiger partial charge in [-0.25, -0.2) is 13.4 Å². The van der Waals surface area contributed by atoms with Gasteiger partial charge < -0.3 is 5.73 Å². The molecule has 0 saturated heterocycles. The molecule has 3 N–H and O–H groups in total. The van der Waals surface area contributed by atoms with Crippen LogP contribution in [0, 0.1) is 6.92 Å². The zero-order valence-corrected chi connectivity index (χ0v) is 12.6. The number of anilines is 2. The lowest BCUT2D eigenvalue weighted by atomic mass is 10.4. The molecule has 0 aliphatic heterocycles. The highest BCUT2D eigenvalue weighted by molar-refractivity contribution is 9.11. The van der Waals surface area contributed by atoms with Gasteiger partial charge in [-0.3, -0.25) is 4.72 Å². The lowest BCUT2D eigenvalue weighted by Gasteiger charge is -2.08. The van der Waals surface area contributed by atoms with E-state index >= 15 is 0 Å². The van der Waals surface area contributed by atoms with Crippen molar-refractivity contribution in [2.45, 2.75) is 11.8 Å². The Hall–Kier alpha value is -1.12. The van der Waals surface area contributed by atoms with Gasteiger partial charge in [-0.05, 0) is 41.1 Å². The number of sulfonamides is 1. The van der Waals surface area contributed by atoms with Crippen LogP contribution in [0.3, 0.4) is 0 Å². The molecular weight excluding hydrogens is 338 g/mol. The minimum Gasteiger partial charge on any atom is -0.396 e. The van der Waals surface area contributed by atoms with Crippen LogP contribution in [0.1, 0.15) is 4.88 Å². The van der Waals surface area contributed by atoms with Gasteiger partial charge in [0.15, 0.2) is 5.82 Å². The molecule has 8 heteroatoms. The maximum absolute atomic E-state index is 12.2. The van der Waals surface area contributed by atoms with Crippen molar-refractivity contribution in [2.75, 3.05) is 10.5 Å². The number of aromatic nitrogens is 1. The molecule has 0 aromatic carbocycles. The molecule has 0 atom stereocenters. The zero-order valence-electron chi connectivity index (χ0n) is 9.34. The third-order valence-corrected chi connectivity index (χ3v) is 5.35. The van der Waals surface area contributed by atoms with Gasteiger partial charge in [-0.15, -0.1) is 11.3 Å². The number of nitrogen functional groups attached to an aromatic ring is 1. The highest BCUT2D eigenvalue weighted by Gasteiger charge is 2.20. The van der Waals surface area contributed by atoms with Crippen molar-refractivity contribution in [3.8, 4) is 0 Å². The molecule has 2 aromatic heterocycles. The fourth-order valence-corrected chi connectivity index (χ4v) is 4.84. The first-order valence-electron chi connectivity index (χ1n) is 4.89. The maximum atomic E-state index is 12.2. The molecular formula is C10H10BrN3O2S2. The van der Waals surface area contributed by atoms with Crippen LogP contribution in [0.5, 0.6) is 0 Å².